The van der Waals surface area contributed by atoms with Crippen LogP contribution in [0.1, 0.15) is 75.7 Å². The highest BCUT2D eigenvalue weighted by atomic mass is 35.5. The molecule has 0 spiro atoms. The third-order valence-electron chi connectivity index (χ3n) is 11.6. The number of likely N-dealkylation sites (N-methyl/N-ethyl adjacent to an activating group) is 1. The summed E-state index contributed by atoms with van der Waals surface area (Å²) in [6.45, 7) is 6.35. The van der Waals surface area contributed by atoms with Gasteiger partial charge < -0.3 is 19.5 Å². The summed E-state index contributed by atoms with van der Waals surface area (Å²) in [5.74, 6) is 0.369. The van der Waals surface area contributed by atoms with Gasteiger partial charge in [-0.2, -0.15) is 5.26 Å². The van der Waals surface area contributed by atoms with Gasteiger partial charge in [0.15, 0.2) is 5.82 Å². The number of hydrogen-bond acceptors (Lipinski definition) is 6. The van der Waals surface area contributed by atoms with Crippen LogP contribution in [-0.4, -0.2) is 70.1 Å². The summed E-state index contributed by atoms with van der Waals surface area (Å²) in [5.41, 5.74) is 3.56. The predicted molar refractivity (Wildman–Crippen MR) is 191 cm³/mol. The lowest BCUT2D eigenvalue weighted by molar-refractivity contribution is -0.129. The van der Waals surface area contributed by atoms with Gasteiger partial charge in [0, 0.05) is 60.7 Å². The zero-order chi connectivity index (χ0) is 34.1. The highest BCUT2D eigenvalue weighted by Gasteiger charge is 2.50. The van der Waals surface area contributed by atoms with Gasteiger partial charge in [-0.05, 0) is 88.7 Å². The second-order valence-electron chi connectivity index (χ2n) is 14.4. The van der Waals surface area contributed by atoms with Crippen molar-refractivity contribution in [1.82, 2.24) is 24.7 Å². The maximum absolute atomic E-state index is 17.4. The number of aromatic nitrogens is 2. The van der Waals surface area contributed by atoms with E-state index in [0.717, 1.165) is 61.8 Å². The van der Waals surface area contributed by atoms with Crippen LogP contribution >= 0.6 is 23.2 Å². The Morgan fingerprint density at radius 1 is 1.20 bits per heavy atom. The molecule has 8 nitrogen and oxygen atoms in total. The Bertz CT molecular complexity index is 2010. The quantitative estimate of drug-likeness (QED) is 0.201. The summed E-state index contributed by atoms with van der Waals surface area (Å²) >= 11 is 13.2. The zero-order valence-electron chi connectivity index (χ0n) is 28.1. The number of aryl methyl sites for hydroxylation is 1. The van der Waals surface area contributed by atoms with E-state index < -0.39 is 5.82 Å². The van der Waals surface area contributed by atoms with Crippen molar-refractivity contribution in [3.63, 3.8) is 0 Å². The van der Waals surface area contributed by atoms with Crippen molar-refractivity contribution in [3.8, 4) is 23.1 Å². The van der Waals surface area contributed by atoms with Crippen molar-refractivity contribution in [2.75, 3.05) is 26.7 Å². The number of ether oxygens (including phenoxy) is 1. The average molecular weight is 704 g/mol. The van der Waals surface area contributed by atoms with Crippen molar-refractivity contribution in [2.45, 2.75) is 89.1 Å². The zero-order valence-corrected chi connectivity index (χ0v) is 29.6. The minimum atomic E-state index is -0.512. The maximum atomic E-state index is 17.4. The Morgan fingerprint density at radius 3 is 2.71 bits per heavy atom. The third-order valence-corrected chi connectivity index (χ3v) is 12.4. The number of amides is 1. The minimum absolute atomic E-state index is 0.0549. The van der Waals surface area contributed by atoms with Gasteiger partial charge in [0.05, 0.1) is 39.1 Å². The molecule has 5 fully saturated rings. The lowest BCUT2D eigenvalue weighted by atomic mass is 9.79. The molecule has 5 aliphatic rings. The summed E-state index contributed by atoms with van der Waals surface area (Å²) in [6, 6.07) is 12.2. The Kier molecular flexibility index (Phi) is 8.51. The second kappa shape index (κ2) is 12.7. The molecule has 6 atom stereocenters. The molecule has 2 aromatic heterocycles. The van der Waals surface area contributed by atoms with Gasteiger partial charge in [-0.25, -0.2) is 9.37 Å². The van der Waals surface area contributed by atoms with Gasteiger partial charge in [-0.1, -0.05) is 35.3 Å². The Balaban J connectivity index is 1.44. The molecule has 0 unspecified atom stereocenters. The predicted octanol–water partition coefficient (Wildman–Crippen LogP) is 7.84. The lowest BCUT2D eigenvalue weighted by Crippen LogP contribution is -2.40. The van der Waals surface area contributed by atoms with Crippen LogP contribution in [0.15, 0.2) is 30.3 Å². The molecule has 4 aliphatic heterocycles. The number of likely N-dealkylation sites (tertiary alicyclic amines) is 2. The molecule has 1 amide bonds. The number of nitrogens with zero attached hydrogens (tertiary/aromatic N) is 5. The number of halogens is 3. The number of fused-ring (bicyclic) bond motifs is 4. The first-order valence-electron chi connectivity index (χ1n) is 17.6. The summed E-state index contributed by atoms with van der Waals surface area (Å²) in [5, 5.41) is 15.4. The molecular weight excluding hydrogens is 662 g/mol. The molecular formula is C38H41Cl2FN6O2. The fourth-order valence-corrected chi connectivity index (χ4v) is 9.64. The lowest BCUT2D eigenvalue weighted by Gasteiger charge is -2.39. The number of carbonyl (C=O) groups excluding carboxylic acids is 1. The molecule has 0 radical (unpaired) electrons. The van der Waals surface area contributed by atoms with E-state index >= 15 is 4.39 Å². The van der Waals surface area contributed by atoms with Crippen LogP contribution < -0.4 is 10.1 Å². The standard InChI is InChI=1S/C38H41Cl2FN6O2/c1-20(29-11-6-14-45(29)3)49-38-26-18-31(30-12-7-15-46(30)21(2)48)47(36-23-17-28(36)43-19-23)37(26)25-16-22(8-5-13-42)32(34(41)35(25)44-38)24-9-4-10-27(39)33(24)40/h4,9-10,16,18,20,23,28-30,36,43H,5-8,11-12,14-15,17,19H2,1-3H3/t20-,23+,28+,29-,30+,36-/m0/s1. The Hall–Kier alpha value is -3.42. The third kappa shape index (κ3) is 5.29. The van der Waals surface area contributed by atoms with Gasteiger partial charge >= 0.3 is 0 Å². The number of nitriles is 1. The van der Waals surface area contributed by atoms with E-state index in [9.17, 15) is 10.1 Å². The molecule has 1 saturated carbocycles. The summed E-state index contributed by atoms with van der Waals surface area (Å²) in [7, 11) is 2.12. The van der Waals surface area contributed by atoms with E-state index in [1.165, 1.54) is 0 Å². The van der Waals surface area contributed by atoms with Gasteiger partial charge in [-0.3, -0.25) is 9.69 Å². The number of benzene rings is 2. The van der Waals surface area contributed by atoms with E-state index in [1.54, 1.807) is 25.1 Å². The van der Waals surface area contributed by atoms with Gasteiger partial charge in [0.25, 0.3) is 0 Å². The SMILES string of the molecule is CC(=O)N1CCC[C@@H]1c1cc2c(O[C@@H](C)[C@@H]3CCCN3C)nc3c(F)c(-c4cccc(Cl)c4Cl)c(CCC#N)cc3c2n1[C@H]1[C@H]2CN[C@@H]1C2. The molecule has 2 bridgehead atoms. The molecule has 1 aliphatic carbocycles. The van der Waals surface area contributed by atoms with E-state index in [0.29, 0.717) is 51.9 Å². The van der Waals surface area contributed by atoms with Crippen molar-refractivity contribution in [2.24, 2.45) is 5.92 Å². The Morgan fingerprint density at radius 2 is 2.02 bits per heavy atom. The van der Waals surface area contributed by atoms with Crippen molar-refractivity contribution >= 4 is 50.9 Å². The van der Waals surface area contributed by atoms with Gasteiger partial charge in [-0.15, -0.1) is 0 Å². The number of carbonyl (C=O) groups is 1. The molecule has 256 valence electrons. The van der Waals surface area contributed by atoms with Crippen LogP contribution in [0.5, 0.6) is 5.88 Å². The second-order valence-corrected chi connectivity index (χ2v) is 15.2. The van der Waals surface area contributed by atoms with Crippen molar-refractivity contribution in [3.05, 3.63) is 57.5 Å². The van der Waals surface area contributed by atoms with E-state index in [2.05, 4.69) is 40.9 Å². The molecule has 6 heterocycles. The highest BCUT2D eigenvalue weighted by Crippen LogP contribution is 2.51. The molecule has 4 aromatic rings. The number of nitrogens with one attached hydrogen (secondary N) is 1. The normalized spacial score (nSPS) is 25.7. The molecule has 1 N–H and O–H groups in total. The van der Waals surface area contributed by atoms with Crippen molar-refractivity contribution < 1.29 is 13.9 Å². The first kappa shape index (κ1) is 32.8. The summed E-state index contributed by atoms with van der Waals surface area (Å²) < 4.78 is 26.7. The first-order chi connectivity index (χ1) is 23.7. The van der Waals surface area contributed by atoms with Crippen LogP contribution in [0.3, 0.4) is 0 Å². The number of rotatable bonds is 8. The molecule has 2 aromatic carbocycles. The number of pyridine rings is 1. The van der Waals surface area contributed by atoms with Crippen molar-refractivity contribution in [1.29, 1.82) is 5.26 Å². The fourth-order valence-electron chi connectivity index (χ4n) is 9.24. The Labute approximate surface area is 296 Å². The van der Waals surface area contributed by atoms with Crippen LogP contribution in [0.25, 0.3) is 32.9 Å². The highest BCUT2D eigenvalue weighted by molar-refractivity contribution is 6.43. The van der Waals surface area contributed by atoms with Gasteiger partial charge in [0.2, 0.25) is 11.8 Å². The molecule has 11 heteroatoms. The molecule has 4 saturated heterocycles. The summed E-state index contributed by atoms with van der Waals surface area (Å²) in [4.78, 5) is 22.3. The van der Waals surface area contributed by atoms with E-state index in [4.69, 9.17) is 32.9 Å². The minimum Gasteiger partial charge on any atom is -0.472 e. The fraction of sp³-hybridized carbons (Fsp3) is 0.500. The van der Waals surface area contributed by atoms with Crippen LogP contribution in [0.4, 0.5) is 4.39 Å². The summed E-state index contributed by atoms with van der Waals surface area (Å²) in [6.07, 6.45) is 5.33. The molecule has 9 rings (SSSR count). The smallest absolute Gasteiger partial charge is 0.223 e. The largest absolute Gasteiger partial charge is 0.472 e. The van der Waals surface area contributed by atoms with Crippen LogP contribution in [-0.2, 0) is 11.2 Å². The topological polar surface area (TPSA) is 86.4 Å². The van der Waals surface area contributed by atoms with Crippen LogP contribution in [0.2, 0.25) is 10.0 Å². The monoisotopic (exact) mass is 702 g/mol. The van der Waals surface area contributed by atoms with E-state index in [-0.39, 0.29) is 53.1 Å². The van der Waals surface area contributed by atoms with Crippen LogP contribution in [0, 0.1) is 23.1 Å². The molecule has 49 heavy (non-hydrogen) atoms. The first-order valence-corrected chi connectivity index (χ1v) is 18.3. The van der Waals surface area contributed by atoms with Gasteiger partial charge in [0.1, 0.15) is 11.6 Å². The van der Waals surface area contributed by atoms with E-state index in [1.807, 2.05) is 11.0 Å². The average Bonchev–Trinajstić information content (AvgIpc) is 3.91. The number of hydrogen-bond donors (Lipinski definition) is 1. The maximum Gasteiger partial charge on any atom is 0.223 e.